The molecule has 1 fully saturated rings. The van der Waals surface area contributed by atoms with Crippen molar-refractivity contribution in [3.63, 3.8) is 0 Å². The number of rotatable bonds is 7. The van der Waals surface area contributed by atoms with Gasteiger partial charge in [0.15, 0.2) is 5.13 Å². The number of ether oxygens (including phenoxy) is 1. The van der Waals surface area contributed by atoms with Crippen LogP contribution >= 0.6 is 11.3 Å². The van der Waals surface area contributed by atoms with Gasteiger partial charge in [-0.15, -0.1) is 11.3 Å². The number of carbonyl (C=O) groups excluding carboxylic acids is 2. The summed E-state index contributed by atoms with van der Waals surface area (Å²) in [4.78, 5) is 30.3. The normalized spacial score (nSPS) is 13.9. The highest BCUT2D eigenvalue weighted by Crippen LogP contribution is 2.32. The molecule has 4 rings (SSSR count). The number of halogens is 1. The molecule has 8 heteroatoms. The Hall–Kier alpha value is -3.52. The van der Waals surface area contributed by atoms with Crippen molar-refractivity contribution in [3.05, 3.63) is 71.5 Å². The smallest absolute Gasteiger partial charge is 0.248 e. The van der Waals surface area contributed by atoms with Gasteiger partial charge in [0.2, 0.25) is 11.8 Å². The fourth-order valence-corrected chi connectivity index (χ4v) is 4.54. The Morgan fingerprint density at radius 1 is 1.15 bits per heavy atom. The first-order valence-electron chi connectivity index (χ1n) is 10.8. The predicted molar refractivity (Wildman–Crippen MR) is 128 cm³/mol. The van der Waals surface area contributed by atoms with Gasteiger partial charge in [0, 0.05) is 18.4 Å². The average molecular weight is 466 g/mol. The van der Waals surface area contributed by atoms with Crippen LogP contribution in [0.15, 0.2) is 60.0 Å². The van der Waals surface area contributed by atoms with E-state index in [0.29, 0.717) is 22.3 Å². The fraction of sp³-hybridized carbons (Fsp3) is 0.240. The molecule has 170 valence electrons. The first-order chi connectivity index (χ1) is 16.0. The number of anilines is 3. The predicted octanol–water partition coefficient (Wildman–Crippen LogP) is 5.94. The summed E-state index contributed by atoms with van der Waals surface area (Å²) in [6.07, 6.45) is 7.48. The molecular weight excluding hydrogens is 441 g/mol. The quantitative estimate of drug-likeness (QED) is 0.438. The fourth-order valence-electron chi connectivity index (χ4n) is 3.69. The van der Waals surface area contributed by atoms with Gasteiger partial charge in [-0.1, -0.05) is 24.3 Å². The van der Waals surface area contributed by atoms with Gasteiger partial charge in [-0.3, -0.25) is 14.5 Å². The molecule has 3 aromatic rings. The van der Waals surface area contributed by atoms with Crippen LogP contribution in [-0.4, -0.2) is 22.9 Å². The molecule has 1 heterocycles. The molecule has 1 N–H and O–H groups in total. The highest BCUT2D eigenvalue weighted by atomic mass is 32.1. The van der Waals surface area contributed by atoms with Gasteiger partial charge in [-0.25, -0.2) is 9.37 Å². The van der Waals surface area contributed by atoms with Crippen LogP contribution in [0.3, 0.4) is 0 Å². The highest BCUT2D eigenvalue weighted by molar-refractivity contribution is 7.14. The van der Waals surface area contributed by atoms with Crippen LogP contribution in [0.2, 0.25) is 0 Å². The highest BCUT2D eigenvalue weighted by Gasteiger charge is 2.21. The number of benzene rings is 2. The van der Waals surface area contributed by atoms with Crippen molar-refractivity contribution in [2.24, 2.45) is 0 Å². The second kappa shape index (κ2) is 10.4. The molecule has 2 aromatic carbocycles. The number of thiazole rings is 1. The van der Waals surface area contributed by atoms with Crippen LogP contribution in [-0.2, 0) is 9.59 Å². The molecular formula is C25H24FN3O3S. The third kappa shape index (κ3) is 5.64. The van der Waals surface area contributed by atoms with Crippen molar-refractivity contribution < 1.29 is 18.7 Å². The van der Waals surface area contributed by atoms with Crippen molar-refractivity contribution in [1.82, 2.24) is 4.98 Å². The van der Waals surface area contributed by atoms with E-state index in [1.165, 1.54) is 41.4 Å². The molecule has 1 aliphatic carbocycles. The van der Waals surface area contributed by atoms with Crippen molar-refractivity contribution >= 4 is 45.7 Å². The Labute approximate surface area is 195 Å². The van der Waals surface area contributed by atoms with Crippen LogP contribution in [0.1, 0.15) is 38.3 Å². The van der Waals surface area contributed by atoms with Gasteiger partial charge in [0.05, 0.1) is 23.2 Å². The van der Waals surface area contributed by atoms with Gasteiger partial charge in [0.25, 0.3) is 0 Å². The van der Waals surface area contributed by atoms with Crippen molar-refractivity contribution in [2.75, 3.05) is 10.2 Å². The summed E-state index contributed by atoms with van der Waals surface area (Å²) in [6, 6.07) is 13.4. The van der Waals surface area contributed by atoms with Gasteiger partial charge in [-0.05, 0) is 56.0 Å². The summed E-state index contributed by atoms with van der Waals surface area (Å²) >= 11 is 1.19. The Morgan fingerprint density at radius 3 is 2.64 bits per heavy atom. The summed E-state index contributed by atoms with van der Waals surface area (Å²) in [6.45, 7) is 1.35. The van der Waals surface area contributed by atoms with E-state index < -0.39 is 5.82 Å². The van der Waals surface area contributed by atoms with E-state index in [1.54, 1.807) is 29.7 Å². The minimum atomic E-state index is -0.516. The van der Waals surface area contributed by atoms with Gasteiger partial charge in [0.1, 0.15) is 11.6 Å². The zero-order valence-electron chi connectivity index (χ0n) is 18.2. The van der Waals surface area contributed by atoms with Gasteiger partial charge in [-0.2, -0.15) is 0 Å². The summed E-state index contributed by atoms with van der Waals surface area (Å²) in [5.74, 6) is -0.548. The van der Waals surface area contributed by atoms with Crippen molar-refractivity contribution in [2.45, 2.75) is 38.7 Å². The largest absolute Gasteiger partial charge is 0.488 e. The van der Waals surface area contributed by atoms with E-state index >= 15 is 0 Å². The Bertz CT molecular complexity index is 1170. The monoisotopic (exact) mass is 465 g/mol. The van der Waals surface area contributed by atoms with E-state index in [9.17, 15) is 14.0 Å². The number of aromatic nitrogens is 1. The minimum Gasteiger partial charge on any atom is -0.488 e. The summed E-state index contributed by atoms with van der Waals surface area (Å²) in [7, 11) is 0. The first kappa shape index (κ1) is 22.7. The first-order valence-corrected chi connectivity index (χ1v) is 11.6. The number of hydrogen-bond acceptors (Lipinski definition) is 5. The molecule has 0 bridgehead atoms. The molecule has 0 spiro atoms. The van der Waals surface area contributed by atoms with Crippen molar-refractivity contribution in [1.29, 1.82) is 0 Å². The van der Waals surface area contributed by atoms with Crippen LogP contribution < -0.4 is 15.0 Å². The number of nitrogens with zero attached hydrogens (tertiary/aromatic N) is 2. The Kier molecular flexibility index (Phi) is 7.14. The number of amides is 2. The number of hydrogen-bond donors (Lipinski definition) is 1. The molecule has 33 heavy (non-hydrogen) atoms. The molecule has 0 atom stereocenters. The third-order valence-electron chi connectivity index (χ3n) is 5.26. The molecule has 0 radical (unpaired) electrons. The number of carbonyl (C=O) groups is 2. The third-order valence-corrected chi connectivity index (χ3v) is 6.10. The Morgan fingerprint density at radius 2 is 1.88 bits per heavy atom. The van der Waals surface area contributed by atoms with Gasteiger partial charge >= 0.3 is 0 Å². The maximum Gasteiger partial charge on any atom is 0.248 e. The average Bonchev–Trinajstić information content (AvgIpc) is 3.47. The SMILES string of the molecule is CC(=O)N(c1nc(/C=C/C(=O)Nc2ccccc2OC2CCCC2)cs1)c1ccccc1F. The number of nitrogens with one attached hydrogen (secondary N) is 1. The minimum absolute atomic E-state index is 0.131. The lowest BCUT2D eigenvalue weighted by atomic mass is 10.2. The molecule has 2 amide bonds. The molecule has 1 saturated carbocycles. The summed E-state index contributed by atoms with van der Waals surface area (Å²) < 4.78 is 20.3. The van der Waals surface area contributed by atoms with Crippen LogP contribution in [0.5, 0.6) is 5.75 Å². The maximum absolute atomic E-state index is 14.2. The van der Waals surface area contributed by atoms with Crippen LogP contribution in [0, 0.1) is 5.82 Å². The van der Waals surface area contributed by atoms with Crippen LogP contribution in [0.25, 0.3) is 6.08 Å². The van der Waals surface area contributed by atoms with E-state index in [1.807, 2.05) is 18.2 Å². The van der Waals surface area contributed by atoms with Crippen LogP contribution in [0.4, 0.5) is 20.9 Å². The summed E-state index contributed by atoms with van der Waals surface area (Å²) in [5, 5.41) is 4.87. The topological polar surface area (TPSA) is 71.5 Å². The van der Waals surface area contributed by atoms with Gasteiger partial charge < -0.3 is 10.1 Å². The zero-order chi connectivity index (χ0) is 23.2. The lowest BCUT2D eigenvalue weighted by molar-refractivity contribution is -0.116. The van der Waals surface area contributed by atoms with E-state index in [0.717, 1.165) is 25.7 Å². The lowest BCUT2D eigenvalue weighted by Crippen LogP contribution is -2.23. The summed E-state index contributed by atoms with van der Waals surface area (Å²) in [5.41, 5.74) is 1.23. The molecule has 0 saturated heterocycles. The van der Waals surface area contributed by atoms with E-state index in [4.69, 9.17) is 4.74 Å². The molecule has 0 unspecified atom stereocenters. The van der Waals surface area contributed by atoms with E-state index in [2.05, 4.69) is 10.3 Å². The molecule has 1 aliphatic rings. The second-order valence-corrected chi connectivity index (χ2v) is 8.54. The number of para-hydroxylation sites is 3. The zero-order valence-corrected chi connectivity index (χ0v) is 19.0. The lowest BCUT2D eigenvalue weighted by Gasteiger charge is -2.18. The maximum atomic E-state index is 14.2. The molecule has 6 nitrogen and oxygen atoms in total. The molecule has 1 aromatic heterocycles. The second-order valence-electron chi connectivity index (χ2n) is 7.70. The molecule has 0 aliphatic heterocycles. The van der Waals surface area contributed by atoms with Crippen molar-refractivity contribution in [3.8, 4) is 5.75 Å². The standard InChI is InChI=1S/C25H24FN3O3S/c1-17(30)29(22-12-6-4-10-20(22)26)25-27-18(16-33-25)14-15-24(31)28-21-11-5-7-13-23(21)32-19-8-2-3-9-19/h4-7,10-16,19H,2-3,8-9H2,1H3,(H,28,31)/b15-14+. The van der Waals surface area contributed by atoms with E-state index in [-0.39, 0.29) is 23.6 Å². The Balaban J connectivity index is 1.45.